The Balaban J connectivity index is 4.23. The summed E-state index contributed by atoms with van der Waals surface area (Å²) < 4.78 is 32.9. The van der Waals surface area contributed by atoms with Crippen LogP contribution in [0.2, 0.25) is 0 Å². The highest BCUT2D eigenvalue weighted by atomic mass is 31.2. The average Bonchev–Trinajstić information content (AvgIpc) is 3.32. The minimum Gasteiger partial charge on any atom is -0.462 e. The van der Waals surface area contributed by atoms with Crippen LogP contribution in [0.15, 0.2) is 146 Å². The van der Waals surface area contributed by atoms with Crippen molar-refractivity contribution in [3.05, 3.63) is 146 Å². The molecule has 0 saturated carbocycles. The lowest BCUT2D eigenvalue weighted by Crippen LogP contribution is -2.29. The molecule has 0 amide bonds. The molecule has 0 spiro atoms. The summed E-state index contributed by atoms with van der Waals surface area (Å²) in [6.07, 6.45) is 73.1. The molecule has 0 aliphatic rings. The van der Waals surface area contributed by atoms with E-state index >= 15 is 0 Å². The molecule has 3 N–H and O–H groups in total. The highest BCUT2D eigenvalue weighted by Gasteiger charge is 2.26. The molecule has 0 aliphatic heterocycles. The predicted molar refractivity (Wildman–Crippen MR) is 283 cm³/mol. The lowest BCUT2D eigenvalue weighted by atomic mass is 10.1. The molecule has 0 aromatic heterocycles. The van der Waals surface area contributed by atoms with Gasteiger partial charge in [-0.25, -0.2) is 4.57 Å². The summed E-state index contributed by atoms with van der Waals surface area (Å²) >= 11 is 0. The first-order valence-electron chi connectivity index (χ1n) is 25.3. The molecule has 2 atom stereocenters. The first-order valence-corrected chi connectivity index (χ1v) is 26.8. The quantitative estimate of drug-likeness (QED) is 0.0265. The zero-order valence-corrected chi connectivity index (χ0v) is 42.5. The molecular formula is C57H90NO8P. The average molecular weight is 948 g/mol. The van der Waals surface area contributed by atoms with Gasteiger partial charge in [0.2, 0.25) is 0 Å². The Hall–Kier alpha value is -4.11. The van der Waals surface area contributed by atoms with E-state index in [1.165, 1.54) is 0 Å². The lowest BCUT2D eigenvalue weighted by Gasteiger charge is -2.19. The molecule has 0 aromatic rings. The van der Waals surface area contributed by atoms with E-state index < -0.39 is 32.5 Å². The second kappa shape index (κ2) is 51.3. The molecule has 0 radical (unpaired) electrons. The SMILES string of the molecule is CC/C=C\C/C=C\C/C=C\C/C=C\C/C=C\C/C=C\C/C=C\C/C=C\CCCCC(=O)OC(COC(=O)CCCCCCCC/C=C\C/C=C\C/C=C\C/C=C\CC)COP(=O)(O)OCCN. The van der Waals surface area contributed by atoms with Crippen LogP contribution in [0.4, 0.5) is 0 Å². The Morgan fingerprint density at radius 2 is 0.776 bits per heavy atom. The van der Waals surface area contributed by atoms with Gasteiger partial charge in [-0.1, -0.05) is 185 Å². The molecule has 376 valence electrons. The number of unbranched alkanes of at least 4 members (excludes halogenated alkanes) is 8. The molecule has 0 bridgehead atoms. The highest BCUT2D eigenvalue weighted by molar-refractivity contribution is 7.47. The van der Waals surface area contributed by atoms with Crippen LogP contribution >= 0.6 is 7.82 Å². The van der Waals surface area contributed by atoms with Crippen molar-refractivity contribution in [2.45, 2.75) is 174 Å². The summed E-state index contributed by atoms with van der Waals surface area (Å²) in [5.74, 6) is -0.911. The van der Waals surface area contributed by atoms with Gasteiger partial charge >= 0.3 is 19.8 Å². The monoisotopic (exact) mass is 948 g/mol. The first-order chi connectivity index (χ1) is 32.8. The molecule has 2 unspecified atom stereocenters. The number of hydrogen-bond donors (Lipinski definition) is 2. The zero-order chi connectivity index (χ0) is 48.8. The van der Waals surface area contributed by atoms with Gasteiger partial charge in [-0.2, -0.15) is 0 Å². The number of phosphoric ester groups is 1. The Kier molecular flexibility index (Phi) is 48.1. The predicted octanol–water partition coefficient (Wildman–Crippen LogP) is 15.6. The third-order valence-electron chi connectivity index (χ3n) is 9.72. The zero-order valence-electron chi connectivity index (χ0n) is 41.6. The van der Waals surface area contributed by atoms with Crippen molar-refractivity contribution < 1.29 is 37.6 Å². The van der Waals surface area contributed by atoms with Crippen LogP contribution in [-0.4, -0.2) is 49.3 Å². The molecule has 67 heavy (non-hydrogen) atoms. The van der Waals surface area contributed by atoms with E-state index in [2.05, 4.69) is 160 Å². The number of carbonyl (C=O) groups excluding carboxylic acids is 2. The maximum atomic E-state index is 12.6. The van der Waals surface area contributed by atoms with Crippen molar-refractivity contribution in [3.63, 3.8) is 0 Å². The largest absolute Gasteiger partial charge is 0.472 e. The standard InChI is InChI=1S/C57H90NO8P/c1-3-5-7-9-11-13-15-17-19-21-23-24-25-26-27-28-29-30-32-34-36-38-40-42-44-46-48-50-57(60)66-55(54-65-67(61,62)64-52-51-58)53-63-56(59)49-47-45-43-41-39-37-35-33-31-22-20-18-16-14-12-10-8-6-4-2/h5-8,11-14,17-20,23-24,26-27,29-31,33-34,36,40,42,55H,3-4,9-10,15-16,21-22,25,28,32,35,37-39,41,43-54,58H2,1-2H3,(H,61,62)/b7-5-,8-6-,13-11-,14-12-,19-17-,20-18-,24-23-,27-26-,30-29-,33-31-,36-34-,42-40-. The van der Waals surface area contributed by atoms with Crippen molar-refractivity contribution >= 4 is 19.8 Å². The van der Waals surface area contributed by atoms with Crippen molar-refractivity contribution in [1.82, 2.24) is 0 Å². The smallest absolute Gasteiger partial charge is 0.462 e. The Morgan fingerprint density at radius 1 is 0.448 bits per heavy atom. The van der Waals surface area contributed by atoms with E-state index in [4.69, 9.17) is 24.3 Å². The fourth-order valence-electron chi connectivity index (χ4n) is 6.05. The fraction of sp³-hybridized carbons (Fsp3) is 0.544. The number of allylic oxidation sites excluding steroid dienone is 24. The third kappa shape index (κ3) is 51.1. The van der Waals surface area contributed by atoms with Crippen molar-refractivity contribution in [2.24, 2.45) is 5.73 Å². The number of ether oxygens (including phenoxy) is 2. The number of rotatable bonds is 45. The van der Waals surface area contributed by atoms with E-state index in [1.54, 1.807) is 0 Å². The topological polar surface area (TPSA) is 134 Å². The second-order valence-corrected chi connectivity index (χ2v) is 17.4. The van der Waals surface area contributed by atoms with Gasteiger partial charge < -0.3 is 20.1 Å². The van der Waals surface area contributed by atoms with Gasteiger partial charge in [-0.05, 0) is 116 Å². The second-order valence-electron chi connectivity index (χ2n) is 15.9. The molecule has 0 aliphatic carbocycles. The first kappa shape index (κ1) is 62.9. The van der Waals surface area contributed by atoms with Gasteiger partial charge in [-0.15, -0.1) is 0 Å². The normalized spacial score (nSPS) is 14.4. The number of hydrogen-bond acceptors (Lipinski definition) is 8. The molecule has 0 rings (SSSR count). The minimum absolute atomic E-state index is 0.0346. The molecule has 0 fully saturated rings. The fourth-order valence-corrected chi connectivity index (χ4v) is 6.82. The summed E-state index contributed by atoms with van der Waals surface area (Å²) in [7, 11) is -4.41. The molecular weight excluding hydrogens is 858 g/mol. The molecule has 10 heteroatoms. The Bertz CT molecular complexity index is 1600. The molecule has 0 saturated heterocycles. The van der Waals surface area contributed by atoms with Crippen LogP contribution in [0.3, 0.4) is 0 Å². The van der Waals surface area contributed by atoms with Crippen LogP contribution in [-0.2, 0) is 32.7 Å². The summed E-state index contributed by atoms with van der Waals surface area (Å²) in [5.41, 5.74) is 5.36. The number of carbonyl (C=O) groups is 2. The van der Waals surface area contributed by atoms with Crippen molar-refractivity contribution in [1.29, 1.82) is 0 Å². The van der Waals surface area contributed by atoms with Gasteiger partial charge in [0.05, 0.1) is 13.2 Å². The maximum absolute atomic E-state index is 12.6. The lowest BCUT2D eigenvalue weighted by molar-refractivity contribution is -0.161. The van der Waals surface area contributed by atoms with Gasteiger partial charge in [0.15, 0.2) is 6.10 Å². The van der Waals surface area contributed by atoms with Gasteiger partial charge in [0.1, 0.15) is 6.61 Å². The Morgan fingerprint density at radius 3 is 1.18 bits per heavy atom. The van der Waals surface area contributed by atoms with E-state index in [9.17, 15) is 19.0 Å². The number of nitrogens with two attached hydrogens (primary N) is 1. The summed E-state index contributed by atoms with van der Waals surface area (Å²) in [4.78, 5) is 35.0. The van der Waals surface area contributed by atoms with Gasteiger partial charge in [-0.3, -0.25) is 18.6 Å². The summed E-state index contributed by atoms with van der Waals surface area (Å²) in [5, 5.41) is 0. The number of phosphoric acid groups is 1. The maximum Gasteiger partial charge on any atom is 0.472 e. The highest BCUT2D eigenvalue weighted by Crippen LogP contribution is 2.43. The van der Waals surface area contributed by atoms with Crippen LogP contribution in [0, 0.1) is 0 Å². The van der Waals surface area contributed by atoms with E-state index in [-0.39, 0.29) is 32.6 Å². The van der Waals surface area contributed by atoms with Crippen LogP contribution < -0.4 is 5.73 Å². The van der Waals surface area contributed by atoms with Crippen LogP contribution in [0.1, 0.15) is 168 Å². The van der Waals surface area contributed by atoms with E-state index in [1.807, 2.05) is 0 Å². The van der Waals surface area contributed by atoms with Gasteiger partial charge in [0, 0.05) is 19.4 Å². The number of esters is 2. The third-order valence-corrected chi connectivity index (χ3v) is 10.7. The van der Waals surface area contributed by atoms with Gasteiger partial charge in [0.25, 0.3) is 0 Å². The minimum atomic E-state index is -4.41. The van der Waals surface area contributed by atoms with E-state index in [0.29, 0.717) is 12.8 Å². The van der Waals surface area contributed by atoms with Crippen molar-refractivity contribution in [3.8, 4) is 0 Å². The molecule has 0 heterocycles. The summed E-state index contributed by atoms with van der Waals surface area (Å²) in [6.45, 7) is 3.41. The van der Waals surface area contributed by atoms with Crippen molar-refractivity contribution in [2.75, 3.05) is 26.4 Å². The van der Waals surface area contributed by atoms with E-state index in [0.717, 1.165) is 128 Å². The molecule has 0 aromatic carbocycles. The molecule has 9 nitrogen and oxygen atoms in total. The Labute approximate surface area is 407 Å². The van der Waals surface area contributed by atoms with Crippen LogP contribution in [0.25, 0.3) is 0 Å². The summed E-state index contributed by atoms with van der Waals surface area (Å²) in [6, 6.07) is 0. The van der Waals surface area contributed by atoms with Crippen LogP contribution in [0.5, 0.6) is 0 Å².